The molecule has 1 saturated heterocycles. The highest BCUT2D eigenvalue weighted by Crippen LogP contribution is 2.31. The van der Waals surface area contributed by atoms with Crippen LogP contribution in [0.1, 0.15) is 19.8 Å². The van der Waals surface area contributed by atoms with Gasteiger partial charge in [0.25, 0.3) is 0 Å². The number of aromatic nitrogens is 2. The summed E-state index contributed by atoms with van der Waals surface area (Å²) in [6, 6.07) is 5.92. The zero-order chi connectivity index (χ0) is 16.3. The van der Waals surface area contributed by atoms with Gasteiger partial charge >= 0.3 is 0 Å². The van der Waals surface area contributed by atoms with Crippen molar-refractivity contribution in [1.29, 1.82) is 0 Å². The number of nitrogens with one attached hydrogen (secondary N) is 2. The highest BCUT2D eigenvalue weighted by atomic mass is 35.5. The van der Waals surface area contributed by atoms with E-state index in [0.29, 0.717) is 6.61 Å². The average Bonchev–Trinajstić information content (AvgIpc) is 2.98. The van der Waals surface area contributed by atoms with Gasteiger partial charge < -0.3 is 15.4 Å². The van der Waals surface area contributed by atoms with E-state index >= 15 is 0 Å². The lowest BCUT2D eigenvalue weighted by Gasteiger charge is -2.35. The minimum Gasteiger partial charge on any atom is -0.384 e. The molecule has 2 heterocycles. The van der Waals surface area contributed by atoms with Crippen molar-refractivity contribution in [2.75, 3.05) is 32.1 Å². The molecule has 1 aliphatic rings. The van der Waals surface area contributed by atoms with Crippen LogP contribution in [0.25, 0.3) is 10.9 Å². The Labute approximate surface area is 148 Å². The minimum atomic E-state index is -0.444. The number of carbonyl (C=O) groups is 1. The standard InChI is InChI=1S/C17H24N4O2.ClH/c1-3-21-15-10-14(5-4-13(15)11-19-21)20-16(22)17(12-23-2)6-8-18-9-7-17;/h4-5,10-11,18H,3,6-9,12H2,1-2H3,(H,20,22);1H. The van der Waals surface area contributed by atoms with Gasteiger partial charge in [-0.3, -0.25) is 9.48 Å². The van der Waals surface area contributed by atoms with Crippen LogP contribution in [0.4, 0.5) is 5.69 Å². The molecule has 0 saturated carbocycles. The van der Waals surface area contributed by atoms with Gasteiger partial charge in [0.05, 0.1) is 23.7 Å². The van der Waals surface area contributed by atoms with Crippen LogP contribution in [-0.2, 0) is 16.1 Å². The van der Waals surface area contributed by atoms with Crippen molar-refractivity contribution >= 4 is 34.9 Å². The molecule has 132 valence electrons. The summed E-state index contributed by atoms with van der Waals surface area (Å²) in [5.41, 5.74) is 1.41. The van der Waals surface area contributed by atoms with Crippen molar-refractivity contribution in [3.63, 3.8) is 0 Å². The SMILES string of the molecule is CCn1ncc2ccc(NC(=O)C3(COC)CCNCC3)cc21.Cl. The van der Waals surface area contributed by atoms with Crippen LogP contribution >= 0.6 is 12.4 Å². The number of ether oxygens (including phenoxy) is 1. The molecule has 0 atom stereocenters. The number of amides is 1. The van der Waals surface area contributed by atoms with Crippen molar-refractivity contribution in [1.82, 2.24) is 15.1 Å². The Hall–Kier alpha value is -1.63. The smallest absolute Gasteiger partial charge is 0.233 e. The lowest BCUT2D eigenvalue weighted by Crippen LogP contribution is -2.47. The Bertz CT molecular complexity index is 689. The molecule has 3 rings (SSSR count). The van der Waals surface area contributed by atoms with E-state index in [1.807, 2.05) is 29.1 Å². The number of methoxy groups -OCH3 is 1. The predicted molar refractivity (Wildman–Crippen MR) is 97.7 cm³/mol. The Morgan fingerprint density at radius 1 is 1.42 bits per heavy atom. The second kappa shape index (κ2) is 7.96. The third-order valence-corrected chi connectivity index (χ3v) is 4.67. The molecular weight excluding hydrogens is 328 g/mol. The largest absolute Gasteiger partial charge is 0.384 e. The zero-order valence-electron chi connectivity index (χ0n) is 14.2. The minimum absolute atomic E-state index is 0. The zero-order valence-corrected chi connectivity index (χ0v) is 15.0. The number of rotatable bonds is 5. The van der Waals surface area contributed by atoms with E-state index in [4.69, 9.17) is 4.74 Å². The van der Waals surface area contributed by atoms with Gasteiger partial charge in [-0.05, 0) is 51.1 Å². The van der Waals surface area contributed by atoms with Crippen molar-refractivity contribution in [3.8, 4) is 0 Å². The number of nitrogens with zero attached hydrogens (tertiary/aromatic N) is 2. The number of fused-ring (bicyclic) bond motifs is 1. The number of hydrogen-bond donors (Lipinski definition) is 2. The Morgan fingerprint density at radius 3 is 2.83 bits per heavy atom. The van der Waals surface area contributed by atoms with Gasteiger partial charge in [-0.2, -0.15) is 5.10 Å². The van der Waals surface area contributed by atoms with E-state index in [9.17, 15) is 4.79 Å². The molecule has 1 amide bonds. The summed E-state index contributed by atoms with van der Waals surface area (Å²) in [5.74, 6) is 0.0442. The van der Waals surface area contributed by atoms with Gasteiger partial charge in [0.2, 0.25) is 5.91 Å². The molecule has 6 nitrogen and oxygen atoms in total. The van der Waals surface area contributed by atoms with Crippen LogP contribution in [0.15, 0.2) is 24.4 Å². The maximum Gasteiger partial charge on any atom is 0.233 e. The molecule has 0 aliphatic carbocycles. The molecule has 2 aromatic rings. The first-order valence-electron chi connectivity index (χ1n) is 8.15. The lowest BCUT2D eigenvalue weighted by atomic mass is 9.78. The first kappa shape index (κ1) is 18.7. The normalized spacial score (nSPS) is 16.6. The fraction of sp³-hybridized carbons (Fsp3) is 0.529. The molecule has 0 unspecified atom stereocenters. The Morgan fingerprint density at radius 2 is 2.17 bits per heavy atom. The maximum absolute atomic E-state index is 12.9. The van der Waals surface area contributed by atoms with Crippen LogP contribution in [0.3, 0.4) is 0 Å². The fourth-order valence-electron chi connectivity index (χ4n) is 3.28. The summed E-state index contributed by atoms with van der Waals surface area (Å²) >= 11 is 0. The van der Waals surface area contributed by atoms with Gasteiger partial charge in [0.15, 0.2) is 0 Å². The fourth-order valence-corrected chi connectivity index (χ4v) is 3.28. The third-order valence-electron chi connectivity index (χ3n) is 4.67. The van der Waals surface area contributed by atoms with E-state index < -0.39 is 5.41 Å². The van der Waals surface area contributed by atoms with E-state index in [2.05, 4.69) is 22.7 Å². The molecule has 0 bridgehead atoms. The van der Waals surface area contributed by atoms with Crippen molar-refractivity contribution in [2.24, 2.45) is 5.41 Å². The topological polar surface area (TPSA) is 68.2 Å². The second-order valence-corrected chi connectivity index (χ2v) is 6.15. The second-order valence-electron chi connectivity index (χ2n) is 6.15. The summed E-state index contributed by atoms with van der Waals surface area (Å²) in [4.78, 5) is 12.9. The number of anilines is 1. The van der Waals surface area contributed by atoms with E-state index in [1.54, 1.807) is 7.11 Å². The van der Waals surface area contributed by atoms with E-state index in [0.717, 1.165) is 49.1 Å². The molecule has 0 spiro atoms. The van der Waals surface area contributed by atoms with Gasteiger partial charge in [0.1, 0.15) is 0 Å². The number of benzene rings is 1. The van der Waals surface area contributed by atoms with Gasteiger partial charge in [-0.15, -0.1) is 12.4 Å². The van der Waals surface area contributed by atoms with Gasteiger partial charge in [-0.1, -0.05) is 0 Å². The highest BCUT2D eigenvalue weighted by Gasteiger charge is 2.39. The first-order valence-corrected chi connectivity index (χ1v) is 8.15. The molecule has 2 N–H and O–H groups in total. The van der Waals surface area contributed by atoms with Crippen molar-refractivity contribution in [2.45, 2.75) is 26.3 Å². The van der Waals surface area contributed by atoms with Crippen LogP contribution in [0, 0.1) is 5.41 Å². The molecule has 1 aromatic heterocycles. The maximum atomic E-state index is 12.9. The molecular formula is C17H25ClN4O2. The quantitative estimate of drug-likeness (QED) is 0.867. The van der Waals surface area contributed by atoms with Crippen molar-refractivity contribution in [3.05, 3.63) is 24.4 Å². The molecule has 7 heteroatoms. The number of carbonyl (C=O) groups excluding carboxylic acids is 1. The first-order chi connectivity index (χ1) is 11.2. The van der Waals surface area contributed by atoms with E-state index in [1.165, 1.54) is 0 Å². The summed E-state index contributed by atoms with van der Waals surface area (Å²) < 4.78 is 7.27. The summed E-state index contributed by atoms with van der Waals surface area (Å²) in [6.45, 7) is 5.01. The summed E-state index contributed by atoms with van der Waals surface area (Å²) in [7, 11) is 1.66. The highest BCUT2D eigenvalue weighted by molar-refractivity contribution is 5.97. The monoisotopic (exact) mass is 352 g/mol. The van der Waals surface area contributed by atoms with E-state index in [-0.39, 0.29) is 18.3 Å². The van der Waals surface area contributed by atoms with Crippen LogP contribution in [0.5, 0.6) is 0 Å². The van der Waals surface area contributed by atoms with Gasteiger partial charge in [-0.25, -0.2) is 0 Å². The third kappa shape index (κ3) is 3.55. The number of halogens is 1. The molecule has 1 aromatic carbocycles. The van der Waals surface area contributed by atoms with Crippen LogP contribution in [-0.4, -0.2) is 42.5 Å². The Balaban J connectivity index is 0.00000208. The predicted octanol–water partition coefficient (Wildman–Crippen LogP) is 2.43. The molecule has 0 radical (unpaired) electrons. The van der Waals surface area contributed by atoms with Crippen LogP contribution < -0.4 is 10.6 Å². The Kier molecular flexibility index (Phi) is 6.21. The average molecular weight is 353 g/mol. The van der Waals surface area contributed by atoms with Crippen molar-refractivity contribution < 1.29 is 9.53 Å². The number of aryl methyl sites for hydroxylation is 1. The van der Waals surface area contributed by atoms with Gasteiger partial charge in [0, 0.05) is 24.7 Å². The molecule has 24 heavy (non-hydrogen) atoms. The number of hydrogen-bond acceptors (Lipinski definition) is 4. The van der Waals surface area contributed by atoms with Crippen LogP contribution in [0.2, 0.25) is 0 Å². The summed E-state index contributed by atoms with van der Waals surface area (Å²) in [5, 5.41) is 11.8. The summed E-state index contributed by atoms with van der Waals surface area (Å²) in [6.07, 6.45) is 3.44. The molecule has 1 fully saturated rings. The number of piperidine rings is 1. The lowest BCUT2D eigenvalue weighted by molar-refractivity contribution is -0.130. The molecule has 1 aliphatic heterocycles.